The number of fused-ring (bicyclic) bond motifs is 3. The van der Waals surface area contributed by atoms with Crippen LogP contribution in [0, 0.1) is 0 Å². The van der Waals surface area contributed by atoms with Gasteiger partial charge in [0.2, 0.25) is 0 Å². The van der Waals surface area contributed by atoms with Gasteiger partial charge in [-0.05, 0) is 57.5 Å². The molecule has 7 aromatic carbocycles. The van der Waals surface area contributed by atoms with Gasteiger partial charge in [-0.1, -0.05) is 188 Å². The fraction of sp³-hybridized carbons (Fsp3) is 0. The Bertz CT molecular complexity index is 2920. The standard InChI is InChI=1S/C52H35N3/c1-6-16-36(17-7-1)37-26-28-39(29-27-37)48-34-45(33-47(53-48)38-18-8-2-9-19-38)43-30-31-44-35-49(40-20-10-3-11-21-40)55-52(46(44)32-43)50(41-22-12-4-13-23-41)51(54-55)42-24-14-5-15-25-42/h1-35H. The van der Waals surface area contributed by atoms with Gasteiger partial charge in [-0.3, -0.25) is 0 Å². The third kappa shape index (κ3) is 6.08. The predicted molar refractivity (Wildman–Crippen MR) is 229 cm³/mol. The number of nitrogens with zero attached hydrogens (tertiary/aromatic N) is 3. The van der Waals surface area contributed by atoms with Gasteiger partial charge in [0.25, 0.3) is 0 Å². The van der Waals surface area contributed by atoms with E-state index in [-0.39, 0.29) is 0 Å². The minimum Gasteiger partial charge on any atom is -0.248 e. The van der Waals surface area contributed by atoms with Crippen LogP contribution in [0.15, 0.2) is 212 Å². The molecule has 0 radical (unpaired) electrons. The van der Waals surface area contributed by atoms with Gasteiger partial charge in [0, 0.05) is 33.2 Å². The summed E-state index contributed by atoms with van der Waals surface area (Å²) in [7, 11) is 0. The lowest BCUT2D eigenvalue weighted by atomic mass is 9.94. The van der Waals surface area contributed by atoms with E-state index in [2.05, 4.69) is 217 Å². The fourth-order valence-corrected chi connectivity index (χ4v) is 7.67. The van der Waals surface area contributed by atoms with Gasteiger partial charge in [-0.25, -0.2) is 9.50 Å². The van der Waals surface area contributed by atoms with E-state index in [1.165, 1.54) is 11.1 Å². The summed E-state index contributed by atoms with van der Waals surface area (Å²) >= 11 is 0. The van der Waals surface area contributed by atoms with Crippen LogP contribution in [0.25, 0.3) is 94.7 Å². The maximum atomic E-state index is 5.43. The zero-order chi connectivity index (χ0) is 36.6. The van der Waals surface area contributed by atoms with E-state index in [0.29, 0.717) is 0 Å². The molecule has 3 heterocycles. The number of rotatable bonds is 7. The van der Waals surface area contributed by atoms with Crippen molar-refractivity contribution >= 4 is 16.3 Å². The zero-order valence-corrected chi connectivity index (χ0v) is 30.0. The summed E-state index contributed by atoms with van der Waals surface area (Å²) < 4.78 is 2.16. The lowest BCUT2D eigenvalue weighted by molar-refractivity contribution is 0.979. The van der Waals surface area contributed by atoms with Crippen LogP contribution in [0.5, 0.6) is 0 Å². The first-order valence-corrected chi connectivity index (χ1v) is 18.7. The molecule has 0 unspecified atom stereocenters. The van der Waals surface area contributed by atoms with Crippen molar-refractivity contribution in [2.45, 2.75) is 0 Å². The Morgan fingerprint density at radius 1 is 0.327 bits per heavy atom. The Labute approximate surface area is 320 Å². The second-order valence-corrected chi connectivity index (χ2v) is 13.8. The van der Waals surface area contributed by atoms with Crippen molar-refractivity contribution in [3.05, 3.63) is 212 Å². The SMILES string of the molecule is c1ccc(-c2ccc(-c3cc(-c4ccc5cc(-c6ccccc6)n6nc(-c7ccccc7)c(-c7ccccc7)c6c5c4)cc(-c4ccccc4)n3)cc2)cc1. The van der Waals surface area contributed by atoms with Crippen LogP contribution in [0.1, 0.15) is 0 Å². The van der Waals surface area contributed by atoms with E-state index in [1.807, 2.05) is 0 Å². The molecule has 0 amide bonds. The molecule has 10 aromatic rings. The summed E-state index contributed by atoms with van der Waals surface area (Å²) in [4.78, 5) is 5.24. The lowest BCUT2D eigenvalue weighted by Gasteiger charge is -2.14. The molecule has 3 nitrogen and oxygen atoms in total. The Balaban J connectivity index is 1.22. The molecule has 3 aromatic heterocycles. The van der Waals surface area contributed by atoms with Crippen molar-refractivity contribution in [3.63, 3.8) is 0 Å². The first kappa shape index (κ1) is 32.3. The highest BCUT2D eigenvalue weighted by molar-refractivity contribution is 6.09. The summed E-state index contributed by atoms with van der Waals surface area (Å²) in [5, 5.41) is 7.72. The van der Waals surface area contributed by atoms with E-state index in [1.54, 1.807) is 0 Å². The number of hydrogen-bond donors (Lipinski definition) is 0. The lowest BCUT2D eigenvalue weighted by Crippen LogP contribution is -1.96. The molecule has 0 aliphatic carbocycles. The molecule has 55 heavy (non-hydrogen) atoms. The summed E-state index contributed by atoms with van der Waals surface area (Å²) in [6, 6.07) is 75.1. The monoisotopic (exact) mass is 701 g/mol. The molecule has 258 valence electrons. The molecule has 0 spiro atoms. The van der Waals surface area contributed by atoms with Crippen LogP contribution in [0.4, 0.5) is 0 Å². The van der Waals surface area contributed by atoms with Gasteiger partial charge in [-0.2, -0.15) is 5.10 Å². The van der Waals surface area contributed by atoms with Crippen molar-refractivity contribution in [1.82, 2.24) is 14.6 Å². The van der Waals surface area contributed by atoms with E-state index in [0.717, 1.165) is 83.6 Å². The second-order valence-electron chi connectivity index (χ2n) is 13.8. The van der Waals surface area contributed by atoms with E-state index < -0.39 is 0 Å². The first-order valence-electron chi connectivity index (χ1n) is 18.7. The Hall–Kier alpha value is -7.36. The van der Waals surface area contributed by atoms with Crippen LogP contribution in [-0.2, 0) is 0 Å². The second kappa shape index (κ2) is 13.9. The van der Waals surface area contributed by atoms with Gasteiger partial charge in [0.05, 0.1) is 22.6 Å². The van der Waals surface area contributed by atoms with Gasteiger partial charge >= 0.3 is 0 Å². The van der Waals surface area contributed by atoms with Crippen LogP contribution < -0.4 is 0 Å². The molecule has 0 N–H and O–H groups in total. The highest BCUT2D eigenvalue weighted by Crippen LogP contribution is 2.42. The maximum absolute atomic E-state index is 5.43. The van der Waals surface area contributed by atoms with Crippen molar-refractivity contribution in [1.29, 1.82) is 0 Å². The summed E-state index contributed by atoms with van der Waals surface area (Å²) in [6.07, 6.45) is 0. The Morgan fingerprint density at radius 3 is 1.38 bits per heavy atom. The topological polar surface area (TPSA) is 30.2 Å². The Kier molecular flexibility index (Phi) is 8.16. The molecule has 0 aliphatic rings. The molecular weight excluding hydrogens is 667 g/mol. The Morgan fingerprint density at radius 2 is 0.782 bits per heavy atom. The maximum Gasteiger partial charge on any atom is 0.101 e. The molecule has 0 aliphatic heterocycles. The molecule has 0 atom stereocenters. The van der Waals surface area contributed by atoms with Crippen molar-refractivity contribution in [2.75, 3.05) is 0 Å². The minimum absolute atomic E-state index is 0.932. The predicted octanol–water partition coefficient (Wildman–Crippen LogP) is 13.6. The fourth-order valence-electron chi connectivity index (χ4n) is 7.67. The van der Waals surface area contributed by atoms with Crippen molar-refractivity contribution in [3.8, 4) is 78.4 Å². The van der Waals surface area contributed by atoms with Crippen LogP contribution in [0.2, 0.25) is 0 Å². The summed E-state index contributed by atoms with van der Waals surface area (Å²) in [6.45, 7) is 0. The number of benzene rings is 7. The average molecular weight is 702 g/mol. The van der Waals surface area contributed by atoms with Crippen molar-refractivity contribution in [2.24, 2.45) is 0 Å². The van der Waals surface area contributed by atoms with E-state index in [4.69, 9.17) is 10.1 Å². The molecular formula is C52H35N3. The number of pyridine rings is 2. The minimum atomic E-state index is 0.932. The third-order valence-corrected chi connectivity index (χ3v) is 10.4. The van der Waals surface area contributed by atoms with Gasteiger partial charge in [0.1, 0.15) is 5.69 Å². The van der Waals surface area contributed by atoms with Crippen molar-refractivity contribution < 1.29 is 0 Å². The highest BCUT2D eigenvalue weighted by atomic mass is 15.2. The zero-order valence-electron chi connectivity index (χ0n) is 30.0. The molecule has 0 fully saturated rings. The van der Waals surface area contributed by atoms with Crippen LogP contribution in [-0.4, -0.2) is 14.6 Å². The van der Waals surface area contributed by atoms with Crippen LogP contribution >= 0.6 is 0 Å². The highest BCUT2D eigenvalue weighted by Gasteiger charge is 2.22. The van der Waals surface area contributed by atoms with E-state index >= 15 is 0 Å². The number of aromatic nitrogens is 3. The largest absolute Gasteiger partial charge is 0.248 e. The van der Waals surface area contributed by atoms with Gasteiger partial charge in [-0.15, -0.1) is 0 Å². The summed E-state index contributed by atoms with van der Waals surface area (Å²) in [5.74, 6) is 0. The normalized spacial score (nSPS) is 11.3. The summed E-state index contributed by atoms with van der Waals surface area (Å²) in [5.41, 5.74) is 16.1. The van der Waals surface area contributed by atoms with Gasteiger partial charge in [0.15, 0.2) is 0 Å². The molecule has 3 heteroatoms. The average Bonchev–Trinajstić information content (AvgIpc) is 3.69. The number of hydrogen-bond acceptors (Lipinski definition) is 2. The molecule has 10 rings (SSSR count). The third-order valence-electron chi connectivity index (χ3n) is 10.4. The quantitative estimate of drug-likeness (QED) is 0.166. The molecule has 0 saturated heterocycles. The molecule has 0 saturated carbocycles. The van der Waals surface area contributed by atoms with Crippen LogP contribution in [0.3, 0.4) is 0 Å². The molecule has 0 bridgehead atoms. The van der Waals surface area contributed by atoms with Gasteiger partial charge < -0.3 is 0 Å². The smallest absolute Gasteiger partial charge is 0.101 e. The first-order chi connectivity index (χ1) is 27.3. The van der Waals surface area contributed by atoms with E-state index in [9.17, 15) is 0 Å².